The fourth-order valence-corrected chi connectivity index (χ4v) is 2.40. The number of alkyl halides is 3. The molecule has 0 fully saturated rings. The van der Waals surface area contributed by atoms with Crippen LogP contribution in [-0.4, -0.2) is 37.5 Å². The molecule has 120 valence electrons. The highest BCUT2D eigenvalue weighted by Crippen LogP contribution is 2.31. The molecular formula is C14H20ClF3N2O. The largest absolute Gasteiger partial charge is 0.405 e. The molecule has 21 heavy (non-hydrogen) atoms. The zero-order valence-corrected chi connectivity index (χ0v) is 12.8. The number of nitrogens with zero attached hydrogens (tertiary/aromatic N) is 1. The van der Waals surface area contributed by atoms with Gasteiger partial charge in [-0.25, -0.2) is 0 Å². The van der Waals surface area contributed by atoms with Gasteiger partial charge in [-0.15, -0.1) is 0 Å². The number of hydrogen-bond donors (Lipinski definition) is 2. The molecule has 0 saturated carbocycles. The Labute approximate surface area is 127 Å². The SMILES string of the molecule is CCNC(C)c1ccc(N(CCO)CC(F)(F)F)c(Cl)c1. The van der Waals surface area contributed by atoms with Crippen LogP contribution >= 0.6 is 11.6 Å². The molecule has 0 bridgehead atoms. The lowest BCUT2D eigenvalue weighted by Gasteiger charge is -2.26. The number of aliphatic hydroxyl groups is 1. The van der Waals surface area contributed by atoms with Gasteiger partial charge in [-0.1, -0.05) is 24.6 Å². The molecule has 0 aliphatic carbocycles. The second kappa shape index (κ2) is 7.87. The van der Waals surface area contributed by atoms with Gasteiger partial charge in [0.15, 0.2) is 0 Å². The first-order chi connectivity index (χ1) is 9.78. The summed E-state index contributed by atoms with van der Waals surface area (Å²) in [4.78, 5) is 1.03. The molecule has 0 aliphatic rings. The first-order valence-electron chi connectivity index (χ1n) is 6.74. The van der Waals surface area contributed by atoms with Gasteiger partial charge in [0.05, 0.1) is 17.3 Å². The fourth-order valence-electron chi connectivity index (χ4n) is 2.09. The Morgan fingerprint density at radius 2 is 2.05 bits per heavy atom. The standard InChI is InChI=1S/C14H20ClF3N2O/c1-3-19-10(2)11-4-5-13(12(15)8-11)20(6-7-21)9-14(16,17)18/h4-5,8,10,19,21H,3,6-7,9H2,1-2H3. The van der Waals surface area contributed by atoms with Crippen LogP contribution in [0.4, 0.5) is 18.9 Å². The molecule has 1 unspecified atom stereocenters. The van der Waals surface area contributed by atoms with Crippen LogP contribution in [0.5, 0.6) is 0 Å². The molecule has 0 heterocycles. The van der Waals surface area contributed by atoms with Crippen LogP contribution in [0, 0.1) is 0 Å². The summed E-state index contributed by atoms with van der Waals surface area (Å²) >= 11 is 6.11. The number of nitrogens with one attached hydrogen (secondary N) is 1. The highest BCUT2D eigenvalue weighted by molar-refractivity contribution is 6.33. The van der Waals surface area contributed by atoms with Crippen LogP contribution in [0.25, 0.3) is 0 Å². The van der Waals surface area contributed by atoms with Gasteiger partial charge in [-0.05, 0) is 31.2 Å². The Morgan fingerprint density at radius 1 is 1.38 bits per heavy atom. The summed E-state index contributed by atoms with van der Waals surface area (Å²) in [6, 6.07) is 5.03. The van der Waals surface area contributed by atoms with Crippen molar-refractivity contribution in [2.45, 2.75) is 26.1 Å². The zero-order chi connectivity index (χ0) is 16.0. The molecule has 0 aromatic heterocycles. The number of hydrogen-bond acceptors (Lipinski definition) is 3. The van der Waals surface area contributed by atoms with Crippen LogP contribution in [-0.2, 0) is 0 Å². The van der Waals surface area contributed by atoms with Gasteiger partial charge in [0, 0.05) is 12.6 Å². The van der Waals surface area contributed by atoms with Crippen molar-refractivity contribution >= 4 is 17.3 Å². The van der Waals surface area contributed by atoms with Crippen molar-refractivity contribution in [1.29, 1.82) is 0 Å². The number of halogens is 4. The first kappa shape index (κ1) is 18.1. The lowest BCUT2D eigenvalue weighted by Crippen LogP contribution is -2.36. The van der Waals surface area contributed by atoms with E-state index >= 15 is 0 Å². The minimum absolute atomic E-state index is 0.0652. The summed E-state index contributed by atoms with van der Waals surface area (Å²) in [6.45, 7) is 3.07. The second-order valence-corrected chi connectivity index (χ2v) is 5.16. The van der Waals surface area contributed by atoms with E-state index in [1.165, 1.54) is 0 Å². The second-order valence-electron chi connectivity index (χ2n) is 4.75. The summed E-state index contributed by atoms with van der Waals surface area (Å²) in [5, 5.41) is 12.4. The quantitative estimate of drug-likeness (QED) is 0.807. The summed E-state index contributed by atoms with van der Waals surface area (Å²) < 4.78 is 37.7. The van der Waals surface area contributed by atoms with Crippen molar-refractivity contribution in [3.05, 3.63) is 28.8 Å². The molecular weight excluding hydrogens is 305 g/mol. The Kier molecular flexibility index (Phi) is 6.77. The minimum Gasteiger partial charge on any atom is -0.395 e. The van der Waals surface area contributed by atoms with Crippen molar-refractivity contribution in [3.63, 3.8) is 0 Å². The highest BCUT2D eigenvalue weighted by Gasteiger charge is 2.31. The Hall–Kier alpha value is -0.980. The monoisotopic (exact) mass is 324 g/mol. The molecule has 0 spiro atoms. The Balaban J connectivity index is 2.99. The maximum Gasteiger partial charge on any atom is 0.405 e. The van der Waals surface area contributed by atoms with Crippen molar-refractivity contribution in [2.24, 2.45) is 0 Å². The van der Waals surface area contributed by atoms with Gasteiger partial charge in [-0.2, -0.15) is 13.2 Å². The van der Waals surface area contributed by atoms with Crippen LogP contribution in [0.3, 0.4) is 0 Å². The lowest BCUT2D eigenvalue weighted by molar-refractivity contribution is -0.119. The summed E-state index contributed by atoms with van der Waals surface area (Å²) in [5.41, 5.74) is 1.18. The van der Waals surface area contributed by atoms with Gasteiger partial charge in [0.25, 0.3) is 0 Å². The lowest BCUT2D eigenvalue weighted by atomic mass is 10.1. The molecule has 2 N–H and O–H groups in total. The molecule has 1 atom stereocenters. The van der Waals surface area contributed by atoms with E-state index in [-0.39, 0.29) is 29.9 Å². The number of aliphatic hydroxyl groups excluding tert-OH is 1. The van der Waals surface area contributed by atoms with Crippen molar-refractivity contribution in [1.82, 2.24) is 5.32 Å². The van der Waals surface area contributed by atoms with Gasteiger partial charge < -0.3 is 15.3 Å². The molecule has 1 aromatic carbocycles. The van der Waals surface area contributed by atoms with Crippen LogP contribution in [0.2, 0.25) is 5.02 Å². The predicted octanol–water partition coefficient (Wildman–Crippen LogP) is 3.37. The van der Waals surface area contributed by atoms with E-state index in [0.29, 0.717) is 0 Å². The van der Waals surface area contributed by atoms with Crippen molar-refractivity contribution < 1.29 is 18.3 Å². The van der Waals surface area contributed by atoms with Crippen LogP contribution in [0.15, 0.2) is 18.2 Å². The van der Waals surface area contributed by atoms with Gasteiger partial charge >= 0.3 is 6.18 Å². The van der Waals surface area contributed by atoms with Crippen LogP contribution < -0.4 is 10.2 Å². The minimum atomic E-state index is -4.35. The molecule has 3 nitrogen and oxygen atoms in total. The third-order valence-electron chi connectivity index (χ3n) is 3.06. The van der Waals surface area contributed by atoms with E-state index in [4.69, 9.17) is 16.7 Å². The summed E-state index contributed by atoms with van der Waals surface area (Å²) in [7, 11) is 0. The van der Waals surface area contributed by atoms with Crippen molar-refractivity contribution in [3.8, 4) is 0 Å². The topological polar surface area (TPSA) is 35.5 Å². The third-order valence-corrected chi connectivity index (χ3v) is 3.37. The number of rotatable bonds is 7. The van der Waals surface area contributed by atoms with Crippen molar-refractivity contribution in [2.75, 3.05) is 31.1 Å². The maximum atomic E-state index is 12.6. The van der Waals surface area contributed by atoms with E-state index in [9.17, 15) is 13.2 Å². The normalized spacial score (nSPS) is 13.3. The van der Waals surface area contributed by atoms with E-state index in [1.807, 2.05) is 13.8 Å². The van der Waals surface area contributed by atoms with Crippen LogP contribution in [0.1, 0.15) is 25.5 Å². The molecule has 0 aliphatic heterocycles. The fraction of sp³-hybridized carbons (Fsp3) is 0.571. The molecule has 0 saturated heterocycles. The van der Waals surface area contributed by atoms with E-state index in [0.717, 1.165) is 17.0 Å². The smallest absolute Gasteiger partial charge is 0.395 e. The molecule has 1 rings (SSSR count). The molecule has 0 radical (unpaired) electrons. The van der Waals surface area contributed by atoms with E-state index in [1.54, 1.807) is 18.2 Å². The van der Waals surface area contributed by atoms with Gasteiger partial charge in [-0.3, -0.25) is 0 Å². The maximum absolute atomic E-state index is 12.6. The number of benzene rings is 1. The average molecular weight is 325 g/mol. The first-order valence-corrected chi connectivity index (χ1v) is 7.11. The van der Waals surface area contributed by atoms with Gasteiger partial charge in [0.2, 0.25) is 0 Å². The Bertz CT molecular complexity index is 454. The molecule has 0 amide bonds. The van der Waals surface area contributed by atoms with E-state index in [2.05, 4.69) is 5.32 Å². The van der Waals surface area contributed by atoms with E-state index < -0.39 is 12.7 Å². The summed E-state index contributed by atoms with van der Waals surface area (Å²) in [5.74, 6) is 0. The Morgan fingerprint density at radius 3 is 2.52 bits per heavy atom. The van der Waals surface area contributed by atoms with Gasteiger partial charge in [0.1, 0.15) is 6.54 Å². The summed E-state index contributed by atoms with van der Waals surface area (Å²) in [6.07, 6.45) is -4.35. The predicted molar refractivity (Wildman–Crippen MR) is 78.9 cm³/mol. The molecule has 7 heteroatoms. The zero-order valence-electron chi connectivity index (χ0n) is 12.0. The average Bonchev–Trinajstić information content (AvgIpc) is 2.37. The third kappa shape index (κ3) is 5.73. The highest BCUT2D eigenvalue weighted by atomic mass is 35.5. The molecule has 1 aromatic rings. The number of anilines is 1.